The van der Waals surface area contributed by atoms with Crippen molar-refractivity contribution in [1.29, 1.82) is 0 Å². The van der Waals surface area contributed by atoms with E-state index in [0.29, 0.717) is 11.4 Å². The molecule has 0 saturated carbocycles. The molecular weight excluding hydrogens is 376 g/mol. The molecule has 1 aliphatic rings. The molecule has 0 spiro atoms. The second kappa shape index (κ2) is 8.66. The first-order valence-corrected chi connectivity index (χ1v) is 9.76. The molecule has 2 amide bonds. The quantitative estimate of drug-likeness (QED) is 0.642. The molecule has 0 aromatic heterocycles. The van der Waals surface area contributed by atoms with E-state index in [9.17, 15) is 9.59 Å². The van der Waals surface area contributed by atoms with Crippen molar-refractivity contribution in [3.05, 3.63) is 107 Å². The number of rotatable bonds is 4. The number of nitrogens with zero attached hydrogens (tertiary/aromatic N) is 1. The van der Waals surface area contributed by atoms with Gasteiger partial charge in [0, 0.05) is 11.4 Å². The van der Waals surface area contributed by atoms with Crippen LogP contribution >= 0.6 is 0 Å². The summed E-state index contributed by atoms with van der Waals surface area (Å²) in [7, 11) is 0. The second-order valence-electron chi connectivity index (χ2n) is 7.08. The number of nitrogens with one attached hydrogen (secondary N) is 1. The molecule has 0 aliphatic carbocycles. The number of allylic oxidation sites excluding steroid dienone is 1. The Kier molecular flexibility index (Phi) is 5.61. The number of carbonyl (C=O) groups excluding carboxylic acids is 2. The number of para-hydroxylation sites is 1. The first-order chi connectivity index (χ1) is 14.6. The van der Waals surface area contributed by atoms with Crippen molar-refractivity contribution in [3.63, 3.8) is 0 Å². The molecule has 3 aromatic carbocycles. The molecule has 5 heteroatoms. The minimum atomic E-state index is -0.824. The van der Waals surface area contributed by atoms with Gasteiger partial charge in [-0.3, -0.25) is 9.69 Å². The van der Waals surface area contributed by atoms with Crippen molar-refractivity contribution in [2.75, 3.05) is 5.32 Å². The number of hydrogen-bond donors (Lipinski definition) is 1. The minimum absolute atomic E-state index is 0.137. The Morgan fingerprint density at radius 2 is 1.53 bits per heavy atom. The average molecular weight is 398 g/mol. The lowest BCUT2D eigenvalue weighted by atomic mass is 9.93. The van der Waals surface area contributed by atoms with Crippen LogP contribution in [-0.2, 0) is 16.1 Å². The Bertz CT molecular complexity index is 1080. The number of ether oxygens (including phenoxy) is 1. The highest BCUT2D eigenvalue weighted by atomic mass is 16.6. The maximum absolute atomic E-state index is 13.3. The van der Waals surface area contributed by atoms with Crippen LogP contribution in [0.4, 0.5) is 10.5 Å². The van der Waals surface area contributed by atoms with E-state index < -0.39 is 12.1 Å². The van der Waals surface area contributed by atoms with Crippen LogP contribution in [0.5, 0.6) is 0 Å². The molecule has 1 heterocycles. The van der Waals surface area contributed by atoms with E-state index >= 15 is 0 Å². The SMILES string of the molecule is CC1=Cc2ccccc2C(C(=O)Nc2ccccc2)N1C(=O)OCc1ccccc1. The molecule has 1 N–H and O–H groups in total. The normalized spacial score (nSPS) is 15.0. The Hall–Kier alpha value is -3.86. The van der Waals surface area contributed by atoms with E-state index in [1.807, 2.05) is 97.9 Å². The summed E-state index contributed by atoms with van der Waals surface area (Å²) in [5.74, 6) is -0.294. The van der Waals surface area contributed by atoms with Crippen molar-refractivity contribution in [1.82, 2.24) is 4.90 Å². The first kappa shape index (κ1) is 19.5. The van der Waals surface area contributed by atoms with Crippen LogP contribution in [0.3, 0.4) is 0 Å². The maximum atomic E-state index is 13.3. The molecule has 3 aromatic rings. The Morgan fingerprint density at radius 1 is 0.900 bits per heavy atom. The molecule has 0 fully saturated rings. The molecule has 1 unspecified atom stereocenters. The van der Waals surface area contributed by atoms with Crippen molar-refractivity contribution in [3.8, 4) is 0 Å². The van der Waals surface area contributed by atoms with Gasteiger partial charge < -0.3 is 10.1 Å². The number of hydrogen-bond acceptors (Lipinski definition) is 3. The summed E-state index contributed by atoms with van der Waals surface area (Å²) >= 11 is 0. The van der Waals surface area contributed by atoms with Gasteiger partial charge in [0.2, 0.25) is 0 Å². The van der Waals surface area contributed by atoms with E-state index in [1.54, 1.807) is 0 Å². The Labute approximate surface area is 175 Å². The van der Waals surface area contributed by atoms with Crippen LogP contribution in [0.15, 0.2) is 90.6 Å². The van der Waals surface area contributed by atoms with Crippen LogP contribution in [0.25, 0.3) is 6.08 Å². The van der Waals surface area contributed by atoms with Gasteiger partial charge in [-0.2, -0.15) is 0 Å². The van der Waals surface area contributed by atoms with E-state index in [-0.39, 0.29) is 12.5 Å². The predicted octanol–water partition coefficient (Wildman–Crippen LogP) is 5.38. The smallest absolute Gasteiger partial charge is 0.415 e. The number of fused-ring (bicyclic) bond motifs is 1. The molecule has 0 bridgehead atoms. The molecule has 150 valence electrons. The van der Waals surface area contributed by atoms with Crippen molar-refractivity contribution >= 4 is 23.8 Å². The third kappa shape index (κ3) is 4.10. The van der Waals surface area contributed by atoms with E-state index in [0.717, 1.165) is 16.7 Å². The number of amides is 2. The van der Waals surface area contributed by atoms with Gasteiger partial charge in [0.05, 0.1) is 0 Å². The van der Waals surface area contributed by atoms with Crippen molar-refractivity contribution in [2.45, 2.75) is 19.6 Å². The molecule has 5 nitrogen and oxygen atoms in total. The van der Waals surface area contributed by atoms with Gasteiger partial charge in [-0.1, -0.05) is 72.8 Å². The monoisotopic (exact) mass is 398 g/mol. The molecule has 30 heavy (non-hydrogen) atoms. The topological polar surface area (TPSA) is 58.6 Å². The summed E-state index contributed by atoms with van der Waals surface area (Å²) in [5, 5.41) is 2.92. The van der Waals surface area contributed by atoms with E-state index in [4.69, 9.17) is 4.74 Å². The zero-order valence-corrected chi connectivity index (χ0v) is 16.6. The molecule has 0 saturated heterocycles. The van der Waals surface area contributed by atoms with Gasteiger partial charge in [0.15, 0.2) is 0 Å². The largest absolute Gasteiger partial charge is 0.444 e. The fraction of sp³-hybridized carbons (Fsp3) is 0.120. The number of carbonyl (C=O) groups is 2. The fourth-order valence-corrected chi connectivity index (χ4v) is 3.56. The molecule has 1 aliphatic heterocycles. The highest BCUT2D eigenvalue weighted by Crippen LogP contribution is 2.35. The minimum Gasteiger partial charge on any atom is -0.444 e. The van der Waals surface area contributed by atoms with E-state index in [1.165, 1.54) is 4.90 Å². The summed E-state index contributed by atoms with van der Waals surface area (Å²) < 4.78 is 5.55. The lowest BCUT2D eigenvalue weighted by molar-refractivity contribution is -0.120. The standard InChI is InChI=1S/C25H22N2O3/c1-18-16-20-12-8-9-15-22(20)23(24(28)26-21-13-6-3-7-14-21)27(18)25(29)30-17-19-10-4-2-5-11-19/h2-16,23H,17H2,1H3,(H,26,28). The lowest BCUT2D eigenvalue weighted by Crippen LogP contribution is -2.42. The van der Waals surface area contributed by atoms with Crippen molar-refractivity contribution in [2.24, 2.45) is 0 Å². The number of anilines is 1. The van der Waals surface area contributed by atoms with Crippen LogP contribution in [0.2, 0.25) is 0 Å². The van der Waals surface area contributed by atoms with Gasteiger partial charge >= 0.3 is 6.09 Å². The number of benzene rings is 3. The van der Waals surface area contributed by atoms with Crippen molar-refractivity contribution < 1.29 is 14.3 Å². The third-order valence-electron chi connectivity index (χ3n) is 4.98. The molecule has 4 rings (SSSR count). The fourth-order valence-electron chi connectivity index (χ4n) is 3.56. The second-order valence-corrected chi connectivity index (χ2v) is 7.08. The highest BCUT2D eigenvalue weighted by Gasteiger charge is 2.37. The Morgan fingerprint density at radius 3 is 2.27 bits per heavy atom. The zero-order valence-electron chi connectivity index (χ0n) is 16.6. The summed E-state index contributed by atoms with van der Waals surface area (Å²) in [6.45, 7) is 1.95. The summed E-state index contributed by atoms with van der Waals surface area (Å²) in [5.41, 5.74) is 3.88. The van der Waals surface area contributed by atoms with Crippen LogP contribution in [-0.4, -0.2) is 16.9 Å². The van der Waals surface area contributed by atoms with Gasteiger partial charge in [-0.15, -0.1) is 0 Å². The summed E-state index contributed by atoms with van der Waals surface area (Å²) in [4.78, 5) is 27.7. The third-order valence-corrected chi connectivity index (χ3v) is 4.98. The molecule has 0 radical (unpaired) electrons. The predicted molar refractivity (Wildman–Crippen MR) is 116 cm³/mol. The Balaban J connectivity index is 1.62. The van der Waals surface area contributed by atoms with Gasteiger partial charge in [-0.05, 0) is 41.8 Å². The first-order valence-electron chi connectivity index (χ1n) is 9.76. The van der Waals surface area contributed by atoms with Crippen LogP contribution < -0.4 is 5.32 Å². The van der Waals surface area contributed by atoms with Gasteiger partial charge in [-0.25, -0.2) is 4.79 Å². The lowest BCUT2D eigenvalue weighted by Gasteiger charge is -2.35. The molecule has 1 atom stereocenters. The van der Waals surface area contributed by atoms with Crippen LogP contribution in [0, 0.1) is 0 Å². The van der Waals surface area contributed by atoms with Crippen LogP contribution in [0.1, 0.15) is 29.7 Å². The van der Waals surface area contributed by atoms with Gasteiger partial charge in [0.1, 0.15) is 12.6 Å². The summed E-state index contributed by atoms with van der Waals surface area (Å²) in [6, 6.07) is 25.4. The zero-order chi connectivity index (χ0) is 20.9. The summed E-state index contributed by atoms with van der Waals surface area (Å²) in [6.07, 6.45) is 1.33. The molecular formula is C25H22N2O3. The van der Waals surface area contributed by atoms with E-state index in [2.05, 4.69) is 5.32 Å². The highest BCUT2D eigenvalue weighted by molar-refractivity contribution is 5.99. The maximum Gasteiger partial charge on any atom is 0.415 e. The van der Waals surface area contributed by atoms with Gasteiger partial charge in [0.25, 0.3) is 5.91 Å². The average Bonchev–Trinajstić information content (AvgIpc) is 2.78.